The van der Waals surface area contributed by atoms with E-state index in [0.717, 1.165) is 9.36 Å². The van der Waals surface area contributed by atoms with Crippen molar-refractivity contribution in [2.45, 2.75) is 18.6 Å². The number of alkyl halides is 1. The Morgan fingerprint density at radius 2 is 2.03 bits per heavy atom. The monoisotopic (exact) mass is 456 g/mol. The van der Waals surface area contributed by atoms with Gasteiger partial charge in [-0.25, -0.2) is 13.9 Å². The van der Waals surface area contributed by atoms with Crippen molar-refractivity contribution in [2.75, 3.05) is 17.7 Å². The molecule has 1 amide bonds. The van der Waals surface area contributed by atoms with Gasteiger partial charge in [-0.2, -0.15) is 9.19 Å². The smallest absolute Gasteiger partial charge is 0.280 e. The molecule has 0 bridgehead atoms. The van der Waals surface area contributed by atoms with Gasteiger partial charge in [0.1, 0.15) is 11.9 Å². The van der Waals surface area contributed by atoms with Gasteiger partial charge in [-0.15, -0.1) is 15.3 Å². The quantitative estimate of drug-likeness (QED) is 0.387. The van der Waals surface area contributed by atoms with Crippen LogP contribution in [0.5, 0.6) is 0 Å². The molecular weight excluding hydrogens is 438 g/mol. The molecule has 0 aromatic carbocycles. The summed E-state index contributed by atoms with van der Waals surface area (Å²) in [5, 5.41) is 20.2. The number of nitrogens with one attached hydrogen (secondary N) is 3. The molecule has 33 heavy (non-hydrogen) atoms. The first-order valence-electron chi connectivity index (χ1n) is 9.93. The number of fused-ring (bicyclic) bond motifs is 1. The fourth-order valence-corrected chi connectivity index (χ4v) is 3.34. The number of rotatable bonds is 6. The van der Waals surface area contributed by atoms with Crippen molar-refractivity contribution in [2.24, 2.45) is 7.05 Å². The van der Waals surface area contributed by atoms with E-state index in [4.69, 9.17) is 0 Å². The molecule has 2 atom stereocenters. The number of carbonyl (C=O) groups excluding carboxylic acids is 1. The van der Waals surface area contributed by atoms with E-state index in [1.807, 2.05) is 0 Å². The molecule has 5 rings (SSSR count). The number of hydrogen-bond acceptors (Lipinski definition) is 8. The number of aryl methyl sites for hydroxylation is 1. The van der Waals surface area contributed by atoms with Crippen LogP contribution in [0.2, 0.25) is 0 Å². The number of imidazole rings is 1. The highest BCUT2D eigenvalue weighted by Gasteiger charge is 2.39. The third-order valence-electron chi connectivity index (χ3n) is 5.09. The molecule has 0 saturated heterocycles. The maximum atomic E-state index is 14.0. The predicted octanol–water partition coefficient (Wildman–Crippen LogP) is 0.773. The van der Waals surface area contributed by atoms with Crippen molar-refractivity contribution < 1.29 is 13.6 Å². The normalized spacial score (nSPS) is 17.2. The lowest BCUT2D eigenvalue weighted by Gasteiger charge is -2.11. The van der Waals surface area contributed by atoms with Gasteiger partial charge in [0.05, 0.1) is 17.9 Å². The second kappa shape index (κ2) is 7.65. The summed E-state index contributed by atoms with van der Waals surface area (Å²) in [6.45, 7) is 0. The number of halogens is 2. The number of nitrogens with zero attached hydrogens (tertiary/aromatic N) is 7. The third kappa shape index (κ3) is 3.64. The van der Waals surface area contributed by atoms with E-state index in [1.165, 1.54) is 36.1 Å². The highest BCUT2D eigenvalue weighted by Crippen LogP contribution is 2.26. The molecular formula is C19H18F2N10O2. The van der Waals surface area contributed by atoms with Crippen LogP contribution in [-0.2, 0) is 7.05 Å². The molecule has 12 nitrogen and oxygen atoms in total. The first-order valence-corrected chi connectivity index (χ1v) is 9.93. The Hall–Kier alpha value is -4.36. The van der Waals surface area contributed by atoms with Crippen LogP contribution < -0.4 is 21.5 Å². The molecule has 1 fully saturated rings. The average molecular weight is 456 g/mol. The Morgan fingerprint density at radius 1 is 1.24 bits per heavy atom. The van der Waals surface area contributed by atoms with Crippen LogP contribution in [0.15, 0.2) is 35.4 Å². The van der Waals surface area contributed by atoms with Gasteiger partial charge in [0, 0.05) is 32.8 Å². The van der Waals surface area contributed by atoms with Crippen molar-refractivity contribution in [3.8, 4) is 5.82 Å². The lowest BCUT2D eigenvalue weighted by atomic mass is 10.3. The van der Waals surface area contributed by atoms with Crippen LogP contribution in [0, 0.1) is 5.95 Å². The number of pyridine rings is 1. The van der Waals surface area contributed by atoms with E-state index in [0.29, 0.717) is 11.3 Å². The number of amides is 1. The van der Waals surface area contributed by atoms with Crippen molar-refractivity contribution >= 4 is 28.7 Å². The average Bonchev–Trinajstić information content (AvgIpc) is 3.16. The SMILES string of the molecule is CNc1cc(Nc2cccn(-c3nn(C)nc3F)c2=O)nn2c(C(=O)N[C@@H]3C[C@@H]3F)cnc12. The maximum absolute atomic E-state index is 14.0. The summed E-state index contributed by atoms with van der Waals surface area (Å²) in [5.74, 6) is -1.44. The Balaban J connectivity index is 1.52. The standard InChI is InChI=1S/C19H18F2N10O2/c1-22-12-7-14(26-31-13(8-23-16(12)31)18(32)25-11-6-9(11)20)24-10-4-3-5-30(19(10)33)17-15(21)27-29(2)28-17/h3-5,7-9,11,22H,6H2,1-2H3,(H,24,26)(H,25,32)/t9-,11+/m0/s1. The molecule has 1 saturated carbocycles. The number of hydrogen-bond donors (Lipinski definition) is 3. The summed E-state index contributed by atoms with van der Waals surface area (Å²) in [4.78, 5) is 30.7. The fourth-order valence-electron chi connectivity index (χ4n) is 3.34. The minimum absolute atomic E-state index is 0.0841. The van der Waals surface area contributed by atoms with Crippen LogP contribution in [0.1, 0.15) is 16.9 Å². The number of aromatic nitrogens is 7. The zero-order valence-corrected chi connectivity index (χ0v) is 17.5. The molecule has 0 spiro atoms. The summed E-state index contributed by atoms with van der Waals surface area (Å²) in [6, 6.07) is 4.11. The van der Waals surface area contributed by atoms with Crippen LogP contribution in [0.4, 0.5) is 26.0 Å². The van der Waals surface area contributed by atoms with Crippen molar-refractivity contribution in [1.29, 1.82) is 0 Å². The fraction of sp³-hybridized carbons (Fsp3) is 0.263. The molecule has 14 heteroatoms. The van der Waals surface area contributed by atoms with Gasteiger partial charge in [0.25, 0.3) is 17.4 Å². The largest absolute Gasteiger partial charge is 0.385 e. The van der Waals surface area contributed by atoms with Crippen LogP contribution in [0.3, 0.4) is 0 Å². The molecule has 170 valence electrons. The van der Waals surface area contributed by atoms with Crippen LogP contribution in [-0.4, -0.2) is 59.3 Å². The number of carbonyl (C=O) groups is 1. The summed E-state index contributed by atoms with van der Waals surface area (Å²) in [6.07, 6.45) is 1.93. The minimum atomic E-state index is -1.05. The molecule has 4 heterocycles. The topological polar surface area (TPSA) is 136 Å². The molecule has 4 aromatic heterocycles. The van der Waals surface area contributed by atoms with E-state index < -0.39 is 29.6 Å². The van der Waals surface area contributed by atoms with Gasteiger partial charge < -0.3 is 16.0 Å². The van der Waals surface area contributed by atoms with Gasteiger partial charge >= 0.3 is 0 Å². The Kier molecular flexibility index (Phi) is 4.76. The maximum Gasteiger partial charge on any atom is 0.280 e. The summed E-state index contributed by atoms with van der Waals surface area (Å²) >= 11 is 0. The van der Waals surface area contributed by atoms with Crippen molar-refractivity contribution in [3.05, 3.63) is 52.6 Å². The van der Waals surface area contributed by atoms with Gasteiger partial charge in [-0.1, -0.05) is 0 Å². The summed E-state index contributed by atoms with van der Waals surface area (Å²) in [5.41, 5.74) is 0.499. The van der Waals surface area contributed by atoms with Crippen molar-refractivity contribution in [1.82, 2.24) is 39.5 Å². The minimum Gasteiger partial charge on any atom is -0.385 e. The Morgan fingerprint density at radius 3 is 2.70 bits per heavy atom. The zero-order valence-electron chi connectivity index (χ0n) is 17.5. The second-order valence-electron chi connectivity index (χ2n) is 7.43. The predicted molar refractivity (Wildman–Crippen MR) is 113 cm³/mol. The van der Waals surface area contributed by atoms with E-state index in [9.17, 15) is 18.4 Å². The lowest BCUT2D eigenvalue weighted by molar-refractivity contribution is 0.0940. The molecule has 1 aliphatic rings. The molecule has 0 unspecified atom stereocenters. The first kappa shape index (κ1) is 20.5. The second-order valence-corrected chi connectivity index (χ2v) is 7.43. The molecule has 0 radical (unpaired) electrons. The van der Waals surface area contributed by atoms with Crippen LogP contribution in [0.25, 0.3) is 11.5 Å². The van der Waals surface area contributed by atoms with Crippen LogP contribution >= 0.6 is 0 Å². The Labute approximate surface area is 184 Å². The molecule has 4 aromatic rings. The van der Waals surface area contributed by atoms with Gasteiger partial charge in [0.15, 0.2) is 17.2 Å². The third-order valence-corrected chi connectivity index (χ3v) is 5.09. The molecule has 1 aliphatic carbocycles. The van der Waals surface area contributed by atoms with E-state index in [-0.39, 0.29) is 29.4 Å². The number of anilines is 3. The van der Waals surface area contributed by atoms with E-state index in [1.54, 1.807) is 13.1 Å². The molecule has 0 aliphatic heterocycles. The van der Waals surface area contributed by atoms with Gasteiger partial charge in [-0.05, 0) is 12.1 Å². The van der Waals surface area contributed by atoms with Gasteiger partial charge in [-0.3, -0.25) is 14.2 Å². The van der Waals surface area contributed by atoms with Crippen molar-refractivity contribution in [3.63, 3.8) is 0 Å². The summed E-state index contributed by atoms with van der Waals surface area (Å²) < 4.78 is 29.6. The zero-order chi connectivity index (χ0) is 23.3. The van der Waals surface area contributed by atoms with Gasteiger partial charge in [0.2, 0.25) is 5.82 Å². The lowest BCUT2D eigenvalue weighted by Crippen LogP contribution is -2.28. The summed E-state index contributed by atoms with van der Waals surface area (Å²) in [7, 11) is 3.10. The van der Waals surface area contributed by atoms with E-state index >= 15 is 0 Å². The Bertz CT molecular complexity index is 1440. The first-order chi connectivity index (χ1) is 15.9. The highest BCUT2D eigenvalue weighted by atomic mass is 19.1. The highest BCUT2D eigenvalue weighted by molar-refractivity contribution is 5.94. The molecule has 3 N–H and O–H groups in total. The van der Waals surface area contributed by atoms with E-state index in [2.05, 4.69) is 36.2 Å².